The second kappa shape index (κ2) is 20.2. The van der Waals surface area contributed by atoms with Gasteiger partial charge in [-0.1, -0.05) is 65.3 Å². The first kappa shape index (κ1) is 44.1. The van der Waals surface area contributed by atoms with Crippen LogP contribution in [0.15, 0.2) is 24.3 Å². The molecule has 1 saturated heterocycles. The summed E-state index contributed by atoms with van der Waals surface area (Å²) in [6, 6.07) is 5.47. The number of nitrogens with zero attached hydrogens (tertiary/aromatic N) is 3. The van der Waals surface area contributed by atoms with Gasteiger partial charge in [0.1, 0.15) is 0 Å². The minimum absolute atomic E-state index is 0.0314. The van der Waals surface area contributed by atoms with Gasteiger partial charge < -0.3 is 30.3 Å². The monoisotopic (exact) mass is 738 g/mol. The van der Waals surface area contributed by atoms with Gasteiger partial charge in [-0.05, 0) is 49.9 Å². The van der Waals surface area contributed by atoms with Crippen LogP contribution in [0.1, 0.15) is 71.4 Å². The highest BCUT2D eigenvalue weighted by Crippen LogP contribution is 2.29. The number of hydrogen-bond acceptors (Lipinski definition) is 10. The maximum Gasteiger partial charge on any atom is 0.242 e. The Morgan fingerprint density at radius 1 is 0.980 bits per heavy atom. The van der Waals surface area contributed by atoms with E-state index in [0.29, 0.717) is 37.9 Å². The quantitative estimate of drug-likeness (QED) is 0.178. The predicted octanol–water partition coefficient (Wildman–Crippen LogP) is 1.71. The molecule has 4 amide bonds. The highest BCUT2D eigenvalue weighted by atomic mass is 32.2. The van der Waals surface area contributed by atoms with Crippen LogP contribution in [-0.4, -0.2) is 126 Å². The number of nitrogens with one attached hydrogen (secondary N) is 2. The number of hydrogen-bond donors (Lipinski definition) is 3. The molecule has 7 atom stereocenters. The SMILES string of the molecule is CC[C@H](C)[C@@H]([C@@H](CC(=O)N1CCC[C@H]1[C@H](OC)[C@@H](C)C(=O)NS(=O)(=O)Cc1ccc(CN)cc1)OC)N(C)C(=O)CNC(=O)C(C(C)C)N(C)C. The molecule has 0 aromatic heterocycles. The summed E-state index contributed by atoms with van der Waals surface area (Å²) in [6.45, 7) is 10.1. The van der Waals surface area contributed by atoms with E-state index in [-0.39, 0.29) is 54.3 Å². The number of amides is 4. The molecule has 1 aliphatic heterocycles. The zero-order valence-electron chi connectivity index (χ0n) is 32.2. The highest BCUT2D eigenvalue weighted by Gasteiger charge is 2.42. The van der Waals surface area contributed by atoms with Crippen LogP contribution >= 0.6 is 0 Å². The van der Waals surface area contributed by atoms with Crippen LogP contribution < -0.4 is 15.8 Å². The fourth-order valence-corrected chi connectivity index (χ4v) is 8.32. The minimum Gasteiger partial charge on any atom is -0.379 e. The van der Waals surface area contributed by atoms with Crippen molar-refractivity contribution < 1.29 is 37.1 Å². The third kappa shape index (κ3) is 12.2. The van der Waals surface area contributed by atoms with Crippen LogP contribution in [0.25, 0.3) is 0 Å². The van der Waals surface area contributed by atoms with Gasteiger partial charge in [-0.3, -0.25) is 28.8 Å². The summed E-state index contributed by atoms with van der Waals surface area (Å²) in [5.74, 6) is -2.74. The number of carbonyl (C=O) groups is 4. The number of sulfonamides is 1. The number of likely N-dealkylation sites (tertiary alicyclic amines) is 1. The van der Waals surface area contributed by atoms with Crippen LogP contribution in [0.5, 0.6) is 0 Å². The van der Waals surface area contributed by atoms with E-state index in [9.17, 15) is 27.6 Å². The Morgan fingerprint density at radius 2 is 1.59 bits per heavy atom. The lowest BCUT2D eigenvalue weighted by molar-refractivity contribution is -0.145. The van der Waals surface area contributed by atoms with E-state index in [1.54, 1.807) is 48.0 Å². The van der Waals surface area contributed by atoms with Crippen molar-refractivity contribution in [1.29, 1.82) is 0 Å². The number of ether oxygens (including phenoxy) is 2. The van der Waals surface area contributed by atoms with Crippen molar-refractivity contribution in [2.24, 2.45) is 23.5 Å². The van der Waals surface area contributed by atoms with Gasteiger partial charge in [0.05, 0.1) is 55.0 Å². The average molecular weight is 739 g/mol. The molecule has 1 aliphatic rings. The van der Waals surface area contributed by atoms with E-state index in [1.807, 2.05) is 46.7 Å². The van der Waals surface area contributed by atoms with Gasteiger partial charge in [0.15, 0.2) is 0 Å². The minimum atomic E-state index is -4.01. The lowest BCUT2D eigenvalue weighted by Crippen LogP contribution is -2.55. The largest absolute Gasteiger partial charge is 0.379 e. The highest BCUT2D eigenvalue weighted by molar-refractivity contribution is 7.89. The molecule has 14 nitrogen and oxygen atoms in total. The summed E-state index contributed by atoms with van der Waals surface area (Å²) in [7, 11) is 4.25. The Labute approximate surface area is 305 Å². The fraction of sp³-hybridized carbons (Fsp3) is 0.722. The summed E-state index contributed by atoms with van der Waals surface area (Å²) in [5.41, 5.74) is 7.00. The van der Waals surface area contributed by atoms with E-state index in [1.165, 1.54) is 14.2 Å². The third-order valence-electron chi connectivity index (χ3n) is 10.0. The van der Waals surface area contributed by atoms with Crippen molar-refractivity contribution >= 4 is 33.7 Å². The summed E-state index contributed by atoms with van der Waals surface area (Å²) in [5, 5.41) is 2.78. The molecule has 1 heterocycles. The molecular formula is C36H62N6O8S. The van der Waals surface area contributed by atoms with Crippen molar-refractivity contribution in [3.8, 4) is 0 Å². The first-order valence-corrected chi connectivity index (χ1v) is 19.4. The topological polar surface area (TPSA) is 181 Å². The van der Waals surface area contributed by atoms with E-state index in [0.717, 1.165) is 5.56 Å². The Morgan fingerprint density at radius 3 is 2.10 bits per heavy atom. The van der Waals surface area contributed by atoms with Crippen molar-refractivity contribution in [2.75, 3.05) is 48.5 Å². The molecule has 290 valence electrons. The summed E-state index contributed by atoms with van der Waals surface area (Å²) < 4.78 is 39.7. The van der Waals surface area contributed by atoms with E-state index < -0.39 is 46.1 Å². The van der Waals surface area contributed by atoms with Crippen molar-refractivity contribution in [2.45, 2.75) is 103 Å². The second-order valence-electron chi connectivity index (χ2n) is 14.3. The zero-order chi connectivity index (χ0) is 38.6. The maximum absolute atomic E-state index is 14.0. The van der Waals surface area contributed by atoms with Gasteiger partial charge in [-0.25, -0.2) is 8.42 Å². The fourth-order valence-electron chi connectivity index (χ4n) is 7.12. The number of carbonyl (C=O) groups excluding carboxylic acids is 4. The molecule has 51 heavy (non-hydrogen) atoms. The first-order chi connectivity index (χ1) is 23.9. The lowest BCUT2D eigenvalue weighted by Gasteiger charge is -2.39. The van der Waals surface area contributed by atoms with Gasteiger partial charge in [0.25, 0.3) is 0 Å². The van der Waals surface area contributed by atoms with E-state index in [2.05, 4.69) is 10.0 Å². The third-order valence-corrected chi connectivity index (χ3v) is 11.3. The van der Waals surface area contributed by atoms with Crippen LogP contribution in [0.3, 0.4) is 0 Å². The Bertz CT molecular complexity index is 1400. The molecule has 1 aromatic rings. The molecule has 0 aliphatic carbocycles. The Balaban J connectivity index is 2.16. The zero-order valence-corrected chi connectivity index (χ0v) is 33.0. The van der Waals surface area contributed by atoms with Gasteiger partial charge in [-0.15, -0.1) is 0 Å². The standard InChI is InChI=1S/C36H62N6O8S/c1-11-24(4)33(41(8)31(44)21-38-36(46)32(23(2)3)40(6)7)29(49-9)19-30(43)42-18-12-13-28(42)34(50-10)25(5)35(45)39-51(47,48)22-27-16-14-26(20-37)15-17-27/h14-17,23-25,28-29,32-34H,11-13,18-22,37H2,1-10H3,(H,38,46)(H,39,45)/t24-,25+,28-,29+,32?,33-,34+/m0/s1. The van der Waals surface area contributed by atoms with Gasteiger partial charge >= 0.3 is 0 Å². The van der Waals surface area contributed by atoms with E-state index >= 15 is 0 Å². The van der Waals surface area contributed by atoms with Gasteiger partial charge in [0, 0.05) is 34.4 Å². The number of methoxy groups -OCH3 is 2. The molecule has 4 N–H and O–H groups in total. The van der Waals surface area contributed by atoms with Crippen molar-refractivity contribution in [3.63, 3.8) is 0 Å². The number of nitrogens with two attached hydrogens (primary N) is 1. The average Bonchev–Trinajstić information content (AvgIpc) is 3.56. The normalized spacial score (nSPS) is 18.5. The molecule has 1 unspecified atom stereocenters. The lowest BCUT2D eigenvalue weighted by atomic mass is 9.90. The molecule has 0 radical (unpaired) electrons. The Kier molecular flexibility index (Phi) is 17.5. The van der Waals surface area contributed by atoms with Crippen LogP contribution in [0.2, 0.25) is 0 Å². The molecule has 0 spiro atoms. The number of benzene rings is 1. The predicted molar refractivity (Wildman–Crippen MR) is 197 cm³/mol. The van der Waals surface area contributed by atoms with Crippen LogP contribution in [0.4, 0.5) is 0 Å². The number of likely N-dealkylation sites (N-methyl/N-ethyl adjacent to an activating group) is 2. The molecule has 1 aromatic carbocycles. The van der Waals surface area contributed by atoms with Gasteiger partial charge in [0.2, 0.25) is 33.7 Å². The molecule has 1 fully saturated rings. The number of rotatable bonds is 20. The van der Waals surface area contributed by atoms with E-state index in [4.69, 9.17) is 15.2 Å². The maximum atomic E-state index is 14.0. The molecule has 15 heteroatoms. The summed E-state index contributed by atoms with van der Waals surface area (Å²) in [4.78, 5) is 58.6. The second-order valence-corrected chi connectivity index (χ2v) is 16.0. The molecule has 0 bridgehead atoms. The smallest absolute Gasteiger partial charge is 0.242 e. The summed E-state index contributed by atoms with van der Waals surface area (Å²) >= 11 is 0. The first-order valence-electron chi connectivity index (χ1n) is 17.8. The molecular weight excluding hydrogens is 676 g/mol. The van der Waals surface area contributed by atoms with Crippen LogP contribution in [0, 0.1) is 17.8 Å². The molecule has 2 rings (SSSR count). The molecule has 0 saturated carbocycles. The van der Waals surface area contributed by atoms with Crippen LogP contribution in [-0.2, 0) is 51.0 Å². The Hall–Kier alpha value is -3.11. The summed E-state index contributed by atoms with van der Waals surface area (Å²) in [6.07, 6.45) is 0.496. The van der Waals surface area contributed by atoms with Gasteiger partial charge in [-0.2, -0.15) is 0 Å². The van der Waals surface area contributed by atoms with Crippen molar-refractivity contribution in [1.82, 2.24) is 24.7 Å². The van der Waals surface area contributed by atoms with Crippen molar-refractivity contribution in [3.05, 3.63) is 35.4 Å².